The molecule has 1 saturated carbocycles. The number of nitrogens with one attached hydrogen (secondary N) is 1. The van der Waals surface area contributed by atoms with E-state index < -0.39 is 11.4 Å². The fourth-order valence-corrected chi connectivity index (χ4v) is 1.40. The lowest BCUT2D eigenvalue weighted by Crippen LogP contribution is -2.25. The number of aryl methyl sites for hydroxylation is 2. The SMILES string of the molecule is Cc1nnc(NCC2(C(=O)O)CC2)nc1C. The van der Waals surface area contributed by atoms with Gasteiger partial charge in [-0.25, -0.2) is 4.98 Å². The molecule has 1 aliphatic carbocycles. The number of hydrogen-bond acceptors (Lipinski definition) is 5. The molecule has 1 heterocycles. The van der Waals surface area contributed by atoms with Gasteiger partial charge in [-0.05, 0) is 26.7 Å². The van der Waals surface area contributed by atoms with Crippen LogP contribution in [0.3, 0.4) is 0 Å². The highest BCUT2D eigenvalue weighted by Gasteiger charge is 2.50. The van der Waals surface area contributed by atoms with Crippen LogP contribution in [0.15, 0.2) is 0 Å². The molecule has 0 radical (unpaired) electrons. The minimum atomic E-state index is -0.753. The molecule has 0 spiro atoms. The zero-order chi connectivity index (χ0) is 11.8. The number of rotatable bonds is 4. The van der Waals surface area contributed by atoms with Gasteiger partial charge >= 0.3 is 5.97 Å². The van der Waals surface area contributed by atoms with Gasteiger partial charge in [0.15, 0.2) is 0 Å². The van der Waals surface area contributed by atoms with Crippen LogP contribution in [0.4, 0.5) is 5.95 Å². The Morgan fingerprint density at radius 2 is 2.06 bits per heavy atom. The summed E-state index contributed by atoms with van der Waals surface area (Å²) in [7, 11) is 0. The van der Waals surface area contributed by atoms with E-state index in [-0.39, 0.29) is 0 Å². The fourth-order valence-electron chi connectivity index (χ4n) is 1.40. The fraction of sp³-hybridized carbons (Fsp3) is 0.600. The maximum atomic E-state index is 10.9. The zero-order valence-electron chi connectivity index (χ0n) is 9.32. The van der Waals surface area contributed by atoms with Crippen molar-refractivity contribution in [2.24, 2.45) is 5.41 Å². The molecule has 16 heavy (non-hydrogen) atoms. The van der Waals surface area contributed by atoms with Gasteiger partial charge in [0.2, 0.25) is 5.95 Å². The van der Waals surface area contributed by atoms with Crippen LogP contribution in [0.1, 0.15) is 24.2 Å². The Morgan fingerprint density at radius 1 is 1.38 bits per heavy atom. The minimum absolute atomic E-state index is 0.368. The first kappa shape index (κ1) is 10.8. The van der Waals surface area contributed by atoms with E-state index in [1.54, 1.807) is 0 Å². The number of nitrogens with zero attached hydrogens (tertiary/aromatic N) is 3. The molecule has 1 fully saturated rings. The molecule has 1 aromatic rings. The van der Waals surface area contributed by atoms with E-state index in [1.807, 2.05) is 13.8 Å². The number of carboxylic acids is 1. The molecular weight excluding hydrogens is 208 g/mol. The zero-order valence-corrected chi connectivity index (χ0v) is 9.32. The molecule has 1 aliphatic rings. The Bertz CT molecular complexity index is 429. The summed E-state index contributed by atoms with van der Waals surface area (Å²) in [6.45, 7) is 4.05. The number of carbonyl (C=O) groups is 1. The third-order valence-corrected chi connectivity index (χ3v) is 2.98. The molecule has 86 valence electrons. The van der Waals surface area contributed by atoms with Crippen LogP contribution in [-0.4, -0.2) is 32.8 Å². The molecule has 0 unspecified atom stereocenters. The second-order valence-electron chi connectivity index (χ2n) is 4.25. The third kappa shape index (κ3) is 1.95. The molecule has 0 atom stereocenters. The van der Waals surface area contributed by atoms with Gasteiger partial charge in [-0.2, -0.15) is 5.10 Å². The summed E-state index contributed by atoms with van der Waals surface area (Å²) in [6.07, 6.45) is 1.43. The van der Waals surface area contributed by atoms with E-state index in [0.29, 0.717) is 25.3 Å². The number of aromatic nitrogens is 3. The summed E-state index contributed by atoms with van der Waals surface area (Å²) in [4.78, 5) is 15.1. The first-order valence-corrected chi connectivity index (χ1v) is 5.19. The molecular formula is C10H14N4O2. The van der Waals surface area contributed by atoms with E-state index >= 15 is 0 Å². The van der Waals surface area contributed by atoms with E-state index in [4.69, 9.17) is 5.11 Å². The van der Waals surface area contributed by atoms with Gasteiger partial charge in [-0.1, -0.05) is 0 Å². The van der Waals surface area contributed by atoms with Gasteiger partial charge in [0.1, 0.15) is 0 Å². The third-order valence-electron chi connectivity index (χ3n) is 2.98. The van der Waals surface area contributed by atoms with Crippen molar-refractivity contribution in [1.82, 2.24) is 15.2 Å². The molecule has 0 amide bonds. The van der Waals surface area contributed by atoms with Crippen LogP contribution in [0.25, 0.3) is 0 Å². The van der Waals surface area contributed by atoms with Crippen LogP contribution < -0.4 is 5.32 Å². The second kappa shape index (κ2) is 3.70. The maximum absolute atomic E-state index is 10.9. The predicted molar refractivity (Wildman–Crippen MR) is 57.1 cm³/mol. The molecule has 2 N–H and O–H groups in total. The number of anilines is 1. The van der Waals surface area contributed by atoms with Crippen molar-refractivity contribution < 1.29 is 9.90 Å². The van der Waals surface area contributed by atoms with Gasteiger partial charge in [0.05, 0.1) is 16.8 Å². The molecule has 1 aromatic heterocycles. The highest BCUT2D eigenvalue weighted by Crippen LogP contribution is 2.45. The summed E-state index contributed by atoms with van der Waals surface area (Å²) in [5.74, 6) is -0.354. The number of hydrogen-bond donors (Lipinski definition) is 2. The average Bonchev–Trinajstić information content (AvgIpc) is 3.01. The lowest BCUT2D eigenvalue weighted by atomic mass is 10.1. The van der Waals surface area contributed by atoms with E-state index in [0.717, 1.165) is 11.4 Å². The number of carboxylic acid groups (broad SMARTS) is 1. The lowest BCUT2D eigenvalue weighted by Gasteiger charge is -2.10. The van der Waals surface area contributed by atoms with Gasteiger partial charge < -0.3 is 10.4 Å². The smallest absolute Gasteiger partial charge is 0.311 e. The normalized spacial score (nSPS) is 16.9. The second-order valence-corrected chi connectivity index (χ2v) is 4.25. The summed E-state index contributed by atoms with van der Waals surface area (Å²) < 4.78 is 0. The lowest BCUT2D eigenvalue weighted by molar-refractivity contribution is -0.142. The Balaban J connectivity index is 2.00. The molecule has 0 saturated heterocycles. The first-order chi connectivity index (χ1) is 7.53. The van der Waals surface area contributed by atoms with E-state index in [9.17, 15) is 4.79 Å². The van der Waals surface area contributed by atoms with Crippen molar-refractivity contribution in [3.05, 3.63) is 11.4 Å². The summed E-state index contributed by atoms with van der Waals surface area (Å²) in [6, 6.07) is 0. The Labute approximate surface area is 93.1 Å². The standard InChI is InChI=1S/C10H14N4O2/c1-6-7(2)13-14-9(12-6)11-5-10(3-4-10)8(15)16/h3-5H2,1-2H3,(H,15,16)(H,11,12,14). The Morgan fingerprint density at radius 3 is 2.56 bits per heavy atom. The van der Waals surface area contributed by atoms with E-state index in [1.165, 1.54) is 0 Å². The van der Waals surface area contributed by atoms with Crippen LogP contribution in [0.5, 0.6) is 0 Å². The van der Waals surface area contributed by atoms with Crippen molar-refractivity contribution in [2.45, 2.75) is 26.7 Å². The summed E-state index contributed by atoms with van der Waals surface area (Å²) >= 11 is 0. The molecule has 0 aromatic carbocycles. The van der Waals surface area contributed by atoms with Crippen LogP contribution in [0.2, 0.25) is 0 Å². The van der Waals surface area contributed by atoms with Crippen LogP contribution in [-0.2, 0) is 4.79 Å². The van der Waals surface area contributed by atoms with Crippen molar-refractivity contribution >= 4 is 11.9 Å². The number of aliphatic carboxylic acids is 1. The van der Waals surface area contributed by atoms with Crippen LogP contribution in [0, 0.1) is 19.3 Å². The first-order valence-electron chi connectivity index (χ1n) is 5.19. The van der Waals surface area contributed by atoms with Gasteiger partial charge in [0, 0.05) is 6.54 Å². The topological polar surface area (TPSA) is 88.0 Å². The summed E-state index contributed by atoms with van der Waals surface area (Å²) in [5, 5.41) is 19.7. The average molecular weight is 222 g/mol. The Kier molecular flexibility index (Phi) is 2.49. The van der Waals surface area contributed by atoms with E-state index in [2.05, 4.69) is 20.5 Å². The van der Waals surface area contributed by atoms with Crippen molar-refractivity contribution in [2.75, 3.05) is 11.9 Å². The predicted octanol–water partition coefficient (Wildman–Crippen LogP) is 0.765. The largest absolute Gasteiger partial charge is 0.481 e. The van der Waals surface area contributed by atoms with Crippen molar-refractivity contribution in [1.29, 1.82) is 0 Å². The summed E-state index contributed by atoms with van der Waals surface area (Å²) in [5.41, 5.74) is 0.977. The van der Waals surface area contributed by atoms with Gasteiger partial charge in [-0.3, -0.25) is 4.79 Å². The molecule has 6 nitrogen and oxygen atoms in total. The van der Waals surface area contributed by atoms with Gasteiger partial charge in [0.25, 0.3) is 0 Å². The van der Waals surface area contributed by atoms with Crippen molar-refractivity contribution in [3.63, 3.8) is 0 Å². The molecule has 6 heteroatoms. The molecule has 2 rings (SSSR count). The highest BCUT2D eigenvalue weighted by molar-refractivity contribution is 5.78. The van der Waals surface area contributed by atoms with Crippen LogP contribution >= 0.6 is 0 Å². The molecule has 0 bridgehead atoms. The maximum Gasteiger partial charge on any atom is 0.311 e. The Hall–Kier alpha value is -1.72. The van der Waals surface area contributed by atoms with Gasteiger partial charge in [-0.15, -0.1) is 5.10 Å². The monoisotopic (exact) mass is 222 g/mol. The minimum Gasteiger partial charge on any atom is -0.481 e. The molecule has 0 aliphatic heterocycles. The quantitative estimate of drug-likeness (QED) is 0.782. The highest BCUT2D eigenvalue weighted by atomic mass is 16.4. The van der Waals surface area contributed by atoms with Crippen molar-refractivity contribution in [3.8, 4) is 0 Å².